The van der Waals surface area contributed by atoms with Crippen molar-refractivity contribution in [3.63, 3.8) is 0 Å². The molecular formula is C19H21N4OS+. The highest BCUT2D eigenvalue weighted by atomic mass is 32.1. The van der Waals surface area contributed by atoms with E-state index in [1.807, 2.05) is 41.4 Å². The molecule has 0 bridgehead atoms. The van der Waals surface area contributed by atoms with Crippen molar-refractivity contribution < 1.29 is 9.69 Å². The molecule has 1 fully saturated rings. The quantitative estimate of drug-likeness (QED) is 0.772. The molecule has 0 saturated carbocycles. The van der Waals surface area contributed by atoms with Crippen LogP contribution in [0.4, 0.5) is 0 Å². The zero-order valence-electron chi connectivity index (χ0n) is 14.0. The van der Waals surface area contributed by atoms with E-state index in [1.165, 1.54) is 5.56 Å². The van der Waals surface area contributed by atoms with Gasteiger partial charge in [-0.05, 0) is 47.2 Å². The largest absolute Gasteiger partial charge is 0.328 e. The molecule has 25 heavy (non-hydrogen) atoms. The van der Waals surface area contributed by atoms with E-state index in [1.54, 1.807) is 27.1 Å². The average Bonchev–Trinajstić information content (AvgIpc) is 3.36. The Hall–Kier alpha value is -2.44. The van der Waals surface area contributed by atoms with E-state index in [-0.39, 0.29) is 5.91 Å². The number of thiophene rings is 1. The van der Waals surface area contributed by atoms with Crippen LogP contribution in [0, 0.1) is 0 Å². The monoisotopic (exact) mass is 353 g/mol. The first kappa shape index (κ1) is 16.1. The maximum atomic E-state index is 12.7. The number of benzene rings is 1. The topological polar surface area (TPSA) is 42.6 Å². The van der Waals surface area contributed by atoms with E-state index in [4.69, 9.17) is 0 Å². The number of amides is 1. The Balaban J connectivity index is 1.35. The first-order valence-electron chi connectivity index (χ1n) is 8.53. The third-order valence-electron chi connectivity index (χ3n) is 4.68. The molecule has 1 saturated heterocycles. The normalized spacial score (nSPS) is 15.4. The summed E-state index contributed by atoms with van der Waals surface area (Å²) in [5, 5.41) is 8.55. The molecule has 1 amide bonds. The first-order chi connectivity index (χ1) is 12.3. The molecular weight excluding hydrogens is 332 g/mol. The van der Waals surface area contributed by atoms with Gasteiger partial charge in [-0.3, -0.25) is 4.79 Å². The van der Waals surface area contributed by atoms with Crippen molar-refractivity contribution in [2.75, 3.05) is 26.2 Å². The summed E-state index contributed by atoms with van der Waals surface area (Å²) in [4.78, 5) is 16.2. The minimum atomic E-state index is 0.126. The van der Waals surface area contributed by atoms with E-state index in [0.717, 1.165) is 44.0 Å². The van der Waals surface area contributed by atoms with Crippen molar-refractivity contribution in [1.29, 1.82) is 0 Å². The number of nitrogens with one attached hydrogen (secondary N) is 1. The standard InChI is InChI=1S/C19H20N4OS/c24-19(17-2-4-18(5-3-17)23-8-1-7-20-23)22-11-9-21(10-12-22)14-16-6-13-25-15-16/h1-8,13,15H,9-12,14H2/p+1. The zero-order valence-corrected chi connectivity index (χ0v) is 14.8. The van der Waals surface area contributed by atoms with Gasteiger partial charge in [0.1, 0.15) is 6.54 Å². The van der Waals surface area contributed by atoms with Gasteiger partial charge in [-0.25, -0.2) is 4.68 Å². The summed E-state index contributed by atoms with van der Waals surface area (Å²) in [6.45, 7) is 4.71. The van der Waals surface area contributed by atoms with Crippen molar-refractivity contribution >= 4 is 17.2 Å². The van der Waals surface area contributed by atoms with Gasteiger partial charge in [-0.2, -0.15) is 16.4 Å². The predicted molar refractivity (Wildman–Crippen MR) is 98.2 cm³/mol. The second-order valence-electron chi connectivity index (χ2n) is 6.35. The molecule has 0 aliphatic carbocycles. The Kier molecular flexibility index (Phi) is 4.63. The lowest BCUT2D eigenvalue weighted by atomic mass is 10.1. The number of quaternary nitrogens is 1. The number of hydrogen-bond acceptors (Lipinski definition) is 3. The SMILES string of the molecule is O=C(c1ccc(-n2cccn2)cc1)N1CC[NH+](Cc2ccsc2)CC1. The number of carbonyl (C=O) groups is 1. The van der Waals surface area contributed by atoms with E-state index in [9.17, 15) is 4.79 Å². The number of aromatic nitrogens is 2. The molecule has 1 N–H and O–H groups in total. The summed E-state index contributed by atoms with van der Waals surface area (Å²) in [6, 6.07) is 11.7. The van der Waals surface area contributed by atoms with Crippen molar-refractivity contribution in [2.24, 2.45) is 0 Å². The van der Waals surface area contributed by atoms with Crippen molar-refractivity contribution in [3.05, 3.63) is 70.7 Å². The van der Waals surface area contributed by atoms with Gasteiger partial charge in [0, 0.05) is 23.5 Å². The minimum Gasteiger partial charge on any atom is -0.328 e. The summed E-state index contributed by atoms with van der Waals surface area (Å²) >= 11 is 1.75. The second kappa shape index (κ2) is 7.21. The maximum absolute atomic E-state index is 12.7. The van der Waals surface area contributed by atoms with Crippen LogP contribution in [0.15, 0.2) is 59.6 Å². The fourth-order valence-electron chi connectivity index (χ4n) is 3.25. The number of piperazine rings is 1. The number of carbonyl (C=O) groups excluding carboxylic acids is 1. The highest BCUT2D eigenvalue weighted by Crippen LogP contribution is 2.11. The van der Waals surface area contributed by atoms with Gasteiger partial charge in [-0.1, -0.05) is 0 Å². The predicted octanol–water partition coefficient (Wildman–Crippen LogP) is 1.47. The molecule has 0 unspecified atom stereocenters. The molecule has 0 atom stereocenters. The summed E-state index contributed by atoms with van der Waals surface area (Å²) in [7, 11) is 0. The van der Waals surface area contributed by atoms with E-state index in [0.29, 0.717) is 0 Å². The molecule has 4 rings (SSSR count). The van der Waals surface area contributed by atoms with E-state index in [2.05, 4.69) is 21.9 Å². The molecule has 128 valence electrons. The third kappa shape index (κ3) is 3.65. The molecule has 3 heterocycles. The van der Waals surface area contributed by atoms with Crippen LogP contribution in [-0.2, 0) is 6.54 Å². The molecule has 0 radical (unpaired) electrons. The Morgan fingerprint density at radius 3 is 2.60 bits per heavy atom. The van der Waals surface area contributed by atoms with Gasteiger partial charge >= 0.3 is 0 Å². The Morgan fingerprint density at radius 1 is 1.16 bits per heavy atom. The zero-order chi connectivity index (χ0) is 17.1. The van der Waals surface area contributed by atoms with E-state index >= 15 is 0 Å². The fourth-order valence-corrected chi connectivity index (χ4v) is 3.91. The third-order valence-corrected chi connectivity index (χ3v) is 5.41. The number of nitrogens with zero attached hydrogens (tertiary/aromatic N) is 3. The molecule has 6 heteroatoms. The Labute approximate surface area is 151 Å². The lowest BCUT2D eigenvalue weighted by molar-refractivity contribution is -0.917. The van der Waals surface area contributed by atoms with Gasteiger partial charge in [-0.15, -0.1) is 0 Å². The molecule has 3 aromatic rings. The molecule has 0 spiro atoms. The Bertz CT molecular complexity index is 804. The molecule has 5 nitrogen and oxygen atoms in total. The lowest BCUT2D eigenvalue weighted by Gasteiger charge is -2.32. The number of hydrogen-bond donors (Lipinski definition) is 1. The molecule has 1 aromatic carbocycles. The minimum absolute atomic E-state index is 0.126. The first-order valence-corrected chi connectivity index (χ1v) is 9.48. The lowest BCUT2D eigenvalue weighted by Crippen LogP contribution is -3.13. The van der Waals surface area contributed by atoms with Crippen LogP contribution in [-0.4, -0.2) is 46.8 Å². The summed E-state index contributed by atoms with van der Waals surface area (Å²) < 4.78 is 1.79. The van der Waals surface area contributed by atoms with Crippen LogP contribution in [0.25, 0.3) is 5.69 Å². The highest BCUT2D eigenvalue weighted by molar-refractivity contribution is 7.07. The van der Waals surface area contributed by atoms with Gasteiger partial charge < -0.3 is 9.80 Å². The summed E-state index contributed by atoms with van der Waals surface area (Å²) in [5.41, 5.74) is 3.11. The number of rotatable bonds is 4. The Morgan fingerprint density at radius 2 is 1.96 bits per heavy atom. The van der Waals surface area contributed by atoms with Crippen molar-refractivity contribution in [2.45, 2.75) is 6.54 Å². The second-order valence-corrected chi connectivity index (χ2v) is 7.13. The van der Waals surface area contributed by atoms with Gasteiger partial charge in [0.25, 0.3) is 5.91 Å². The highest BCUT2D eigenvalue weighted by Gasteiger charge is 2.24. The average molecular weight is 353 g/mol. The van der Waals surface area contributed by atoms with Gasteiger partial charge in [0.2, 0.25) is 0 Å². The molecule has 2 aromatic heterocycles. The van der Waals surface area contributed by atoms with Crippen LogP contribution < -0.4 is 4.90 Å². The van der Waals surface area contributed by atoms with Crippen LogP contribution >= 0.6 is 11.3 Å². The fraction of sp³-hybridized carbons (Fsp3) is 0.263. The van der Waals surface area contributed by atoms with Gasteiger partial charge in [0.05, 0.1) is 31.9 Å². The van der Waals surface area contributed by atoms with Gasteiger partial charge in [0.15, 0.2) is 0 Å². The van der Waals surface area contributed by atoms with Crippen LogP contribution in [0.5, 0.6) is 0 Å². The van der Waals surface area contributed by atoms with Crippen LogP contribution in [0.1, 0.15) is 15.9 Å². The van der Waals surface area contributed by atoms with E-state index < -0.39 is 0 Å². The van der Waals surface area contributed by atoms with Crippen LogP contribution in [0.3, 0.4) is 0 Å². The maximum Gasteiger partial charge on any atom is 0.254 e. The smallest absolute Gasteiger partial charge is 0.254 e. The van der Waals surface area contributed by atoms with Crippen molar-refractivity contribution in [3.8, 4) is 5.69 Å². The summed E-state index contributed by atoms with van der Waals surface area (Å²) in [5.74, 6) is 0.126. The van der Waals surface area contributed by atoms with Crippen LogP contribution in [0.2, 0.25) is 0 Å². The van der Waals surface area contributed by atoms with Crippen molar-refractivity contribution in [1.82, 2.24) is 14.7 Å². The molecule has 1 aliphatic rings. The summed E-state index contributed by atoms with van der Waals surface area (Å²) in [6.07, 6.45) is 3.64. The molecule has 1 aliphatic heterocycles.